The van der Waals surface area contributed by atoms with Crippen LogP contribution in [0.4, 0.5) is 0 Å². The third kappa shape index (κ3) is 5.29. The zero-order valence-electron chi connectivity index (χ0n) is 20.3. The molecule has 1 heterocycles. The Morgan fingerprint density at radius 2 is 1.67 bits per heavy atom. The highest BCUT2D eigenvalue weighted by Gasteiger charge is 2.29. The molecule has 0 unspecified atom stereocenters. The van der Waals surface area contributed by atoms with E-state index in [0.29, 0.717) is 46.3 Å². The molecule has 2 aromatic rings. The number of hydrogen-bond acceptors (Lipinski definition) is 5. The van der Waals surface area contributed by atoms with Gasteiger partial charge in [-0.25, -0.2) is 4.79 Å². The van der Waals surface area contributed by atoms with Crippen LogP contribution in [0.25, 0.3) is 0 Å². The van der Waals surface area contributed by atoms with Gasteiger partial charge in [-0.1, -0.05) is 19.3 Å². The first-order valence-electron chi connectivity index (χ1n) is 11.5. The highest BCUT2D eigenvalue weighted by molar-refractivity contribution is 6.06. The number of esters is 1. The van der Waals surface area contributed by atoms with E-state index in [-0.39, 0.29) is 18.2 Å². The van der Waals surface area contributed by atoms with Crippen molar-refractivity contribution in [2.45, 2.75) is 46.0 Å². The number of ketones is 1. The summed E-state index contributed by atoms with van der Waals surface area (Å²) in [6.07, 6.45) is 5.67. The van der Waals surface area contributed by atoms with Crippen LogP contribution >= 0.6 is 0 Å². The third-order valence-electron chi connectivity index (χ3n) is 6.75. The van der Waals surface area contributed by atoms with Crippen LogP contribution in [0, 0.1) is 19.8 Å². The van der Waals surface area contributed by atoms with Crippen molar-refractivity contribution in [1.29, 1.82) is 0 Å². The van der Waals surface area contributed by atoms with E-state index >= 15 is 0 Å². The van der Waals surface area contributed by atoms with Gasteiger partial charge >= 0.3 is 5.97 Å². The first-order chi connectivity index (χ1) is 15.8. The number of nitrogens with zero attached hydrogens (tertiary/aromatic N) is 2. The zero-order valence-corrected chi connectivity index (χ0v) is 20.3. The van der Waals surface area contributed by atoms with Gasteiger partial charge < -0.3 is 18.9 Å². The largest absolute Gasteiger partial charge is 0.497 e. The van der Waals surface area contributed by atoms with Gasteiger partial charge in [0.15, 0.2) is 5.78 Å². The average Bonchev–Trinajstić information content (AvgIpc) is 3.06. The van der Waals surface area contributed by atoms with Gasteiger partial charge in [0.1, 0.15) is 11.4 Å². The van der Waals surface area contributed by atoms with Crippen LogP contribution in [0.5, 0.6) is 5.75 Å². The maximum absolute atomic E-state index is 13.5. The fraction of sp³-hybridized carbons (Fsp3) is 0.500. The molecule has 1 aromatic carbocycles. The molecule has 3 rings (SSSR count). The van der Waals surface area contributed by atoms with E-state index in [2.05, 4.69) is 0 Å². The van der Waals surface area contributed by atoms with E-state index in [1.807, 2.05) is 6.92 Å². The Morgan fingerprint density at radius 3 is 2.24 bits per heavy atom. The van der Waals surface area contributed by atoms with Crippen molar-refractivity contribution in [3.63, 3.8) is 0 Å². The Morgan fingerprint density at radius 1 is 1.03 bits per heavy atom. The molecule has 1 saturated carbocycles. The van der Waals surface area contributed by atoms with Gasteiger partial charge in [0, 0.05) is 30.4 Å². The summed E-state index contributed by atoms with van der Waals surface area (Å²) in [4.78, 5) is 40.8. The summed E-state index contributed by atoms with van der Waals surface area (Å²) in [5.41, 5.74) is 2.64. The van der Waals surface area contributed by atoms with Crippen molar-refractivity contribution in [3.8, 4) is 5.75 Å². The van der Waals surface area contributed by atoms with Crippen LogP contribution in [-0.2, 0) is 11.8 Å². The summed E-state index contributed by atoms with van der Waals surface area (Å²) in [5, 5.41) is 0. The lowest BCUT2D eigenvalue weighted by molar-refractivity contribution is 0.0588. The Kier molecular flexibility index (Phi) is 7.95. The van der Waals surface area contributed by atoms with E-state index in [1.165, 1.54) is 13.5 Å². The van der Waals surface area contributed by atoms with Gasteiger partial charge in [0.05, 0.1) is 20.8 Å². The number of carbonyl (C=O) groups is 3. The van der Waals surface area contributed by atoms with E-state index in [1.54, 1.807) is 54.8 Å². The molecular weight excluding hydrogens is 420 g/mol. The second-order valence-corrected chi connectivity index (χ2v) is 8.83. The second kappa shape index (κ2) is 10.7. The number of amides is 1. The van der Waals surface area contributed by atoms with Crippen LogP contribution in [-0.4, -0.2) is 54.4 Å². The SMILES string of the molecule is COC(=O)c1c(C)c(C(=O)CN(CC2CCCCC2)C(=O)c2ccc(OC)cc2)c(C)n1C. The fourth-order valence-corrected chi connectivity index (χ4v) is 4.84. The quantitative estimate of drug-likeness (QED) is 0.438. The predicted molar refractivity (Wildman–Crippen MR) is 126 cm³/mol. The second-order valence-electron chi connectivity index (χ2n) is 8.83. The van der Waals surface area contributed by atoms with Crippen LogP contribution in [0.3, 0.4) is 0 Å². The number of methoxy groups -OCH3 is 2. The van der Waals surface area contributed by atoms with Gasteiger partial charge in [-0.15, -0.1) is 0 Å². The van der Waals surface area contributed by atoms with Gasteiger partial charge in [-0.05, 0) is 62.4 Å². The Bertz CT molecular complexity index is 1020. The molecule has 7 nitrogen and oxygen atoms in total. The molecule has 178 valence electrons. The molecule has 0 radical (unpaired) electrons. The van der Waals surface area contributed by atoms with Gasteiger partial charge in [0.2, 0.25) is 0 Å². The molecule has 1 aromatic heterocycles. The van der Waals surface area contributed by atoms with Crippen molar-refractivity contribution in [3.05, 3.63) is 52.3 Å². The van der Waals surface area contributed by atoms with E-state index in [0.717, 1.165) is 25.7 Å². The van der Waals surface area contributed by atoms with Gasteiger partial charge in [-0.2, -0.15) is 0 Å². The summed E-state index contributed by atoms with van der Waals surface area (Å²) < 4.78 is 11.8. The lowest BCUT2D eigenvalue weighted by atomic mass is 9.88. The summed E-state index contributed by atoms with van der Waals surface area (Å²) in [7, 11) is 4.65. The van der Waals surface area contributed by atoms with Crippen molar-refractivity contribution in [1.82, 2.24) is 9.47 Å². The summed E-state index contributed by atoms with van der Waals surface area (Å²) in [6.45, 7) is 4.08. The molecule has 0 saturated heterocycles. The highest BCUT2D eigenvalue weighted by atomic mass is 16.5. The van der Waals surface area contributed by atoms with Crippen LogP contribution in [0.1, 0.15) is 74.6 Å². The van der Waals surface area contributed by atoms with Crippen molar-refractivity contribution < 1.29 is 23.9 Å². The minimum absolute atomic E-state index is 0.0341. The number of aromatic nitrogens is 1. The number of carbonyl (C=O) groups excluding carboxylic acids is 3. The van der Waals surface area contributed by atoms with Crippen LogP contribution in [0.15, 0.2) is 24.3 Å². The minimum atomic E-state index is -0.481. The zero-order chi connectivity index (χ0) is 24.1. The molecule has 33 heavy (non-hydrogen) atoms. The number of rotatable bonds is 8. The van der Waals surface area contributed by atoms with Gasteiger partial charge in [0.25, 0.3) is 5.91 Å². The molecule has 0 atom stereocenters. The molecule has 1 amide bonds. The predicted octanol–water partition coefficient (Wildman–Crippen LogP) is 4.34. The molecular formula is C26H34N2O5. The normalized spacial score (nSPS) is 14.1. The molecule has 0 N–H and O–H groups in total. The number of hydrogen-bond donors (Lipinski definition) is 0. The Hall–Kier alpha value is -3.09. The third-order valence-corrected chi connectivity index (χ3v) is 6.75. The van der Waals surface area contributed by atoms with E-state index in [4.69, 9.17) is 9.47 Å². The molecule has 1 aliphatic carbocycles. The Labute approximate surface area is 195 Å². The summed E-state index contributed by atoms with van der Waals surface area (Å²) in [5.74, 6) is 0.236. The molecule has 0 aliphatic heterocycles. The van der Waals surface area contributed by atoms with Crippen molar-refractivity contribution in [2.24, 2.45) is 13.0 Å². The van der Waals surface area contributed by atoms with Crippen molar-refractivity contribution >= 4 is 17.7 Å². The Balaban J connectivity index is 1.90. The molecule has 7 heteroatoms. The highest BCUT2D eigenvalue weighted by Crippen LogP contribution is 2.27. The first kappa shape index (κ1) is 24.6. The number of ether oxygens (including phenoxy) is 2. The summed E-state index contributed by atoms with van der Waals surface area (Å²) >= 11 is 0. The van der Waals surface area contributed by atoms with Crippen molar-refractivity contribution in [2.75, 3.05) is 27.3 Å². The minimum Gasteiger partial charge on any atom is -0.497 e. The fourth-order valence-electron chi connectivity index (χ4n) is 4.84. The maximum atomic E-state index is 13.5. The smallest absolute Gasteiger partial charge is 0.354 e. The molecule has 1 aliphatic rings. The van der Waals surface area contributed by atoms with E-state index in [9.17, 15) is 14.4 Å². The van der Waals surface area contributed by atoms with Crippen LogP contribution in [0.2, 0.25) is 0 Å². The lowest BCUT2D eigenvalue weighted by Gasteiger charge is -2.29. The first-order valence-corrected chi connectivity index (χ1v) is 11.5. The average molecular weight is 455 g/mol. The molecule has 0 spiro atoms. The topological polar surface area (TPSA) is 77.8 Å². The van der Waals surface area contributed by atoms with Crippen LogP contribution < -0.4 is 4.74 Å². The standard InChI is InChI=1S/C26H34N2O5/c1-17-23(18(2)27(3)24(17)26(31)33-5)22(29)16-28(15-19-9-7-6-8-10-19)25(30)20-11-13-21(32-4)14-12-20/h11-14,19H,6-10,15-16H2,1-5H3. The number of benzene rings is 1. The molecule has 1 fully saturated rings. The van der Waals surface area contributed by atoms with Gasteiger partial charge in [-0.3, -0.25) is 9.59 Å². The van der Waals surface area contributed by atoms with E-state index < -0.39 is 5.97 Å². The molecule has 0 bridgehead atoms. The number of Topliss-reactive ketones (excluding diaryl/α,β-unsaturated/α-hetero) is 1. The summed E-state index contributed by atoms with van der Waals surface area (Å²) in [6, 6.07) is 6.96. The lowest BCUT2D eigenvalue weighted by Crippen LogP contribution is -2.40. The monoisotopic (exact) mass is 454 g/mol. The maximum Gasteiger partial charge on any atom is 0.354 e.